The first-order valence-electron chi connectivity index (χ1n) is 5.53. The molecule has 16 heavy (non-hydrogen) atoms. The lowest BCUT2D eigenvalue weighted by molar-refractivity contribution is 0.193. The molecule has 1 N–H and O–H groups in total. The van der Waals surface area contributed by atoms with Crippen LogP contribution in [0.3, 0.4) is 0 Å². The first-order chi connectivity index (χ1) is 7.78. The summed E-state index contributed by atoms with van der Waals surface area (Å²) in [5.74, 6) is 0. The van der Waals surface area contributed by atoms with E-state index in [9.17, 15) is 4.39 Å². The van der Waals surface area contributed by atoms with Gasteiger partial charge in [-0.2, -0.15) is 0 Å². The predicted molar refractivity (Wildman–Crippen MR) is 62.0 cm³/mol. The Bertz CT molecular complexity index is 518. The van der Waals surface area contributed by atoms with E-state index in [0.717, 1.165) is 23.0 Å². The highest BCUT2D eigenvalue weighted by Crippen LogP contribution is 2.33. The lowest BCUT2D eigenvalue weighted by atomic mass is 9.94. The molecule has 1 aromatic carbocycles. The highest BCUT2D eigenvalue weighted by Gasteiger charge is 2.35. The Kier molecular flexibility index (Phi) is 2.14. The van der Waals surface area contributed by atoms with Crippen molar-refractivity contribution in [3.63, 3.8) is 0 Å². The molecule has 1 aliphatic heterocycles. The van der Waals surface area contributed by atoms with E-state index in [-0.39, 0.29) is 0 Å². The summed E-state index contributed by atoms with van der Waals surface area (Å²) in [5, 5.41) is 4.07. The van der Waals surface area contributed by atoms with Gasteiger partial charge in [0.05, 0.1) is 5.52 Å². The molecule has 0 aliphatic carbocycles. The van der Waals surface area contributed by atoms with Gasteiger partial charge in [0.15, 0.2) is 0 Å². The minimum atomic E-state index is -1.20. The van der Waals surface area contributed by atoms with Crippen molar-refractivity contribution in [2.45, 2.75) is 12.1 Å². The summed E-state index contributed by atoms with van der Waals surface area (Å²) in [6.07, 6.45) is 2.31. The summed E-state index contributed by atoms with van der Waals surface area (Å²) in [6, 6.07) is 9.50. The summed E-state index contributed by atoms with van der Waals surface area (Å²) >= 11 is 0. The van der Waals surface area contributed by atoms with E-state index >= 15 is 0 Å². The van der Waals surface area contributed by atoms with Crippen LogP contribution in [-0.2, 0) is 5.67 Å². The Morgan fingerprint density at radius 3 is 3.06 bits per heavy atom. The minimum Gasteiger partial charge on any atom is -0.313 e. The normalized spacial score (nSPS) is 25.1. The van der Waals surface area contributed by atoms with Gasteiger partial charge in [-0.3, -0.25) is 4.98 Å². The molecule has 1 saturated heterocycles. The Labute approximate surface area is 93.5 Å². The minimum absolute atomic E-state index is 0.415. The average molecular weight is 216 g/mol. The molecule has 2 nitrogen and oxygen atoms in total. The van der Waals surface area contributed by atoms with Crippen LogP contribution in [0.15, 0.2) is 36.5 Å². The van der Waals surface area contributed by atoms with Gasteiger partial charge in [0.25, 0.3) is 0 Å². The van der Waals surface area contributed by atoms with Gasteiger partial charge in [-0.05, 0) is 36.7 Å². The van der Waals surface area contributed by atoms with Crippen molar-refractivity contribution < 1.29 is 4.39 Å². The van der Waals surface area contributed by atoms with E-state index in [1.54, 1.807) is 6.20 Å². The highest BCUT2D eigenvalue weighted by atomic mass is 19.1. The third-order valence-electron chi connectivity index (χ3n) is 3.22. The molecular formula is C13H13FN2. The molecule has 2 heterocycles. The zero-order chi connectivity index (χ0) is 11.0. The van der Waals surface area contributed by atoms with Crippen LogP contribution in [0.25, 0.3) is 10.9 Å². The third kappa shape index (κ3) is 1.48. The smallest absolute Gasteiger partial charge is 0.149 e. The van der Waals surface area contributed by atoms with E-state index in [0.29, 0.717) is 13.0 Å². The number of nitrogens with zero attached hydrogens (tertiary/aromatic N) is 1. The van der Waals surface area contributed by atoms with Crippen LogP contribution in [0.5, 0.6) is 0 Å². The molecule has 2 aromatic rings. The van der Waals surface area contributed by atoms with Gasteiger partial charge in [-0.1, -0.05) is 12.1 Å². The topological polar surface area (TPSA) is 24.9 Å². The van der Waals surface area contributed by atoms with Crippen LogP contribution in [-0.4, -0.2) is 18.1 Å². The van der Waals surface area contributed by atoms with Crippen LogP contribution in [0.2, 0.25) is 0 Å². The van der Waals surface area contributed by atoms with Gasteiger partial charge in [-0.25, -0.2) is 4.39 Å². The SMILES string of the molecule is FC1(c2ccc3ncccc3c2)CCNC1. The number of hydrogen-bond acceptors (Lipinski definition) is 2. The van der Waals surface area contributed by atoms with Crippen molar-refractivity contribution in [3.8, 4) is 0 Å². The molecule has 1 aromatic heterocycles. The Balaban J connectivity index is 2.11. The molecule has 0 spiro atoms. The number of halogens is 1. The Hall–Kier alpha value is -1.48. The van der Waals surface area contributed by atoms with Crippen molar-refractivity contribution in [1.82, 2.24) is 10.3 Å². The van der Waals surface area contributed by atoms with Crippen LogP contribution in [0, 0.1) is 0 Å². The summed E-state index contributed by atoms with van der Waals surface area (Å²) < 4.78 is 14.5. The molecule has 1 aliphatic rings. The van der Waals surface area contributed by atoms with Crippen molar-refractivity contribution >= 4 is 10.9 Å². The molecule has 0 bridgehead atoms. The maximum Gasteiger partial charge on any atom is 0.149 e. The monoisotopic (exact) mass is 216 g/mol. The standard InChI is InChI=1S/C13H13FN2/c14-13(5-7-15-9-13)11-3-4-12-10(8-11)2-1-6-16-12/h1-4,6,8,15H,5,7,9H2. The molecule has 3 rings (SSSR count). The zero-order valence-corrected chi connectivity index (χ0v) is 8.91. The van der Waals surface area contributed by atoms with Crippen LogP contribution in [0.1, 0.15) is 12.0 Å². The fourth-order valence-electron chi connectivity index (χ4n) is 2.26. The van der Waals surface area contributed by atoms with Crippen molar-refractivity contribution in [1.29, 1.82) is 0 Å². The van der Waals surface area contributed by atoms with Gasteiger partial charge in [-0.15, -0.1) is 0 Å². The number of pyridine rings is 1. The number of nitrogens with one attached hydrogen (secondary N) is 1. The number of fused-ring (bicyclic) bond motifs is 1. The summed E-state index contributed by atoms with van der Waals surface area (Å²) in [4.78, 5) is 4.23. The number of aromatic nitrogens is 1. The van der Waals surface area contributed by atoms with E-state index in [1.807, 2.05) is 30.3 Å². The molecular weight excluding hydrogens is 203 g/mol. The van der Waals surface area contributed by atoms with Gasteiger partial charge in [0, 0.05) is 18.1 Å². The fraction of sp³-hybridized carbons (Fsp3) is 0.308. The zero-order valence-electron chi connectivity index (χ0n) is 8.91. The van der Waals surface area contributed by atoms with Crippen molar-refractivity contribution in [2.75, 3.05) is 13.1 Å². The molecule has 3 heteroatoms. The maximum absolute atomic E-state index is 14.5. The van der Waals surface area contributed by atoms with Gasteiger partial charge in [0.1, 0.15) is 5.67 Å². The summed E-state index contributed by atoms with van der Waals surface area (Å²) in [6.45, 7) is 1.17. The summed E-state index contributed by atoms with van der Waals surface area (Å²) in [7, 11) is 0. The van der Waals surface area contributed by atoms with Crippen LogP contribution < -0.4 is 5.32 Å². The highest BCUT2D eigenvalue weighted by molar-refractivity contribution is 5.79. The van der Waals surface area contributed by atoms with Crippen LogP contribution >= 0.6 is 0 Å². The van der Waals surface area contributed by atoms with Crippen molar-refractivity contribution in [3.05, 3.63) is 42.1 Å². The first kappa shape index (κ1) is 9.73. The maximum atomic E-state index is 14.5. The van der Waals surface area contributed by atoms with Gasteiger partial charge >= 0.3 is 0 Å². The molecule has 0 amide bonds. The van der Waals surface area contributed by atoms with Gasteiger partial charge < -0.3 is 5.32 Å². The quantitative estimate of drug-likeness (QED) is 0.791. The lowest BCUT2D eigenvalue weighted by Crippen LogP contribution is -2.23. The predicted octanol–water partition coefficient (Wildman–Crippen LogP) is 2.39. The average Bonchev–Trinajstić information content (AvgIpc) is 2.77. The Morgan fingerprint density at radius 2 is 2.25 bits per heavy atom. The first-order valence-corrected chi connectivity index (χ1v) is 5.53. The number of alkyl halides is 1. The number of rotatable bonds is 1. The van der Waals surface area contributed by atoms with Gasteiger partial charge in [0.2, 0.25) is 0 Å². The largest absolute Gasteiger partial charge is 0.313 e. The second-order valence-corrected chi connectivity index (χ2v) is 4.30. The van der Waals surface area contributed by atoms with Crippen LogP contribution in [0.4, 0.5) is 4.39 Å². The number of benzene rings is 1. The summed E-state index contributed by atoms with van der Waals surface area (Å²) in [5.41, 5.74) is 0.475. The number of hydrogen-bond donors (Lipinski definition) is 1. The second kappa shape index (κ2) is 3.52. The third-order valence-corrected chi connectivity index (χ3v) is 3.22. The molecule has 82 valence electrons. The van der Waals surface area contributed by atoms with E-state index < -0.39 is 5.67 Å². The van der Waals surface area contributed by atoms with Crippen molar-refractivity contribution in [2.24, 2.45) is 0 Å². The van der Waals surface area contributed by atoms with E-state index in [4.69, 9.17) is 0 Å². The lowest BCUT2D eigenvalue weighted by Gasteiger charge is -2.18. The molecule has 0 radical (unpaired) electrons. The van der Waals surface area contributed by atoms with E-state index in [2.05, 4.69) is 10.3 Å². The molecule has 1 unspecified atom stereocenters. The molecule has 1 fully saturated rings. The molecule has 0 saturated carbocycles. The Morgan fingerprint density at radius 1 is 1.31 bits per heavy atom. The van der Waals surface area contributed by atoms with E-state index in [1.165, 1.54) is 0 Å². The fourth-order valence-corrected chi connectivity index (χ4v) is 2.26. The molecule has 1 atom stereocenters. The second-order valence-electron chi connectivity index (χ2n) is 4.30.